The van der Waals surface area contributed by atoms with Gasteiger partial charge in [-0.1, -0.05) is 18.2 Å². The summed E-state index contributed by atoms with van der Waals surface area (Å²) in [5.74, 6) is 0.595. The number of carbonyl (C=O) groups excluding carboxylic acids is 2. The number of ketones is 1. The average Bonchev–Trinajstić information content (AvgIpc) is 2.64. The number of hydrogen-bond acceptors (Lipinski definition) is 5. The minimum atomic E-state index is -0.366. The van der Waals surface area contributed by atoms with Gasteiger partial charge in [0.25, 0.3) is 5.91 Å². The van der Waals surface area contributed by atoms with Gasteiger partial charge in [-0.15, -0.1) is 0 Å². The number of hydrogen-bond donors (Lipinski definition) is 2. The predicted octanol–water partition coefficient (Wildman–Crippen LogP) is 4.60. The van der Waals surface area contributed by atoms with Crippen LogP contribution < -0.4 is 10.6 Å². The maximum Gasteiger partial charge on any atom is 0.274 e. The molecule has 6 nitrogen and oxygen atoms in total. The van der Waals surface area contributed by atoms with E-state index in [1.807, 2.05) is 25.1 Å². The van der Waals surface area contributed by atoms with Crippen LogP contribution in [0.5, 0.6) is 0 Å². The van der Waals surface area contributed by atoms with Gasteiger partial charge in [-0.05, 0) is 63.1 Å². The molecule has 1 heterocycles. The maximum atomic E-state index is 12.6. The van der Waals surface area contributed by atoms with Gasteiger partial charge in [-0.25, -0.2) is 9.97 Å². The zero-order valence-electron chi connectivity index (χ0n) is 16.3. The molecule has 1 aromatic heterocycles. The number of benzene rings is 2. The van der Waals surface area contributed by atoms with Crippen molar-refractivity contribution in [3.63, 3.8) is 0 Å². The smallest absolute Gasteiger partial charge is 0.274 e. The lowest BCUT2D eigenvalue weighted by molar-refractivity contribution is 0.100. The first-order valence-electron chi connectivity index (χ1n) is 8.94. The Kier molecular flexibility index (Phi) is 5.49. The minimum absolute atomic E-state index is 0.0612. The molecule has 2 aromatic carbocycles. The number of anilines is 3. The summed E-state index contributed by atoms with van der Waals surface area (Å²) in [5, 5.41) is 6.00. The van der Waals surface area contributed by atoms with E-state index in [1.165, 1.54) is 18.1 Å². The molecule has 0 bridgehead atoms. The molecule has 1 amide bonds. The van der Waals surface area contributed by atoms with E-state index >= 15 is 0 Å². The first-order valence-corrected chi connectivity index (χ1v) is 8.94. The van der Waals surface area contributed by atoms with Crippen molar-refractivity contribution in [2.45, 2.75) is 27.7 Å². The molecule has 3 aromatic rings. The van der Waals surface area contributed by atoms with Crippen LogP contribution in [0.15, 0.2) is 48.5 Å². The minimum Gasteiger partial charge on any atom is -0.340 e. The molecule has 0 unspecified atom stereocenters. The Morgan fingerprint density at radius 3 is 2.36 bits per heavy atom. The summed E-state index contributed by atoms with van der Waals surface area (Å²) in [5.41, 5.74) is 4.58. The highest BCUT2D eigenvalue weighted by molar-refractivity contribution is 6.04. The summed E-state index contributed by atoms with van der Waals surface area (Å²) < 4.78 is 0. The van der Waals surface area contributed by atoms with Crippen molar-refractivity contribution in [1.29, 1.82) is 0 Å². The lowest BCUT2D eigenvalue weighted by Gasteiger charge is -2.11. The van der Waals surface area contributed by atoms with E-state index in [1.54, 1.807) is 37.3 Å². The number of carbonyl (C=O) groups is 2. The lowest BCUT2D eigenvalue weighted by atomic mass is 10.1. The third kappa shape index (κ3) is 4.59. The second kappa shape index (κ2) is 8.00. The van der Waals surface area contributed by atoms with Crippen LogP contribution in [-0.4, -0.2) is 21.7 Å². The Bertz CT molecular complexity index is 1060. The molecular formula is C22H22N4O2. The largest absolute Gasteiger partial charge is 0.340 e. The molecule has 0 aliphatic heterocycles. The third-order valence-corrected chi connectivity index (χ3v) is 4.38. The molecule has 0 spiro atoms. The lowest BCUT2D eigenvalue weighted by Crippen LogP contribution is -2.15. The molecule has 0 saturated carbocycles. The molecule has 3 rings (SSSR count). The number of nitrogens with zero attached hydrogens (tertiary/aromatic N) is 2. The number of amides is 1. The van der Waals surface area contributed by atoms with Crippen LogP contribution in [0, 0.1) is 20.8 Å². The fourth-order valence-electron chi connectivity index (χ4n) is 2.73. The molecule has 0 aliphatic rings. The van der Waals surface area contributed by atoms with Gasteiger partial charge < -0.3 is 10.6 Å². The molecule has 28 heavy (non-hydrogen) atoms. The average molecular weight is 374 g/mol. The quantitative estimate of drug-likeness (QED) is 0.638. The Morgan fingerprint density at radius 1 is 0.857 bits per heavy atom. The Hall–Kier alpha value is -3.54. The van der Waals surface area contributed by atoms with E-state index < -0.39 is 0 Å². The number of nitrogens with one attached hydrogen (secondary N) is 2. The van der Waals surface area contributed by atoms with E-state index in [-0.39, 0.29) is 17.4 Å². The number of rotatable bonds is 5. The van der Waals surface area contributed by atoms with Crippen LogP contribution in [0.4, 0.5) is 17.2 Å². The molecule has 0 fully saturated rings. The van der Waals surface area contributed by atoms with Crippen molar-refractivity contribution in [2.24, 2.45) is 0 Å². The van der Waals surface area contributed by atoms with E-state index in [0.29, 0.717) is 22.9 Å². The first kappa shape index (κ1) is 19.2. The second-order valence-corrected chi connectivity index (χ2v) is 6.70. The molecule has 6 heteroatoms. The number of aromatic nitrogens is 2. The fraction of sp³-hybridized carbons (Fsp3) is 0.182. The van der Waals surface area contributed by atoms with Crippen molar-refractivity contribution in [2.75, 3.05) is 10.6 Å². The molecule has 0 aliphatic carbocycles. The van der Waals surface area contributed by atoms with Crippen molar-refractivity contribution >= 4 is 28.9 Å². The van der Waals surface area contributed by atoms with Crippen molar-refractivity contribution < 1.29 is 9.59 Å². The highest BCUT2D eigenvalue weighted by atomic mass is 16.2. The first-order chi connectivity index (χ1) is 13.3. The van der Waals surface area contributed by atoms with Gasteiger partial charge in [0.15, 0.2) is 5.78 Å². The molecule has 0 atom stereocenters. The van der Waals surface area contributed by atoms with Crippen molar-refractivity contribution in [1.82, 2.24) is 9.97 Å². The molecule has 2 N–H and O–H groups in total. The van der Waals surface area contributed by atoms with Crippen LogP contribution in [0.25, 0.3) is 0 Å². The normalized spacial score (nSPS) is 10.4. The number of Topliss-reactive ketones (excluding diaryl/α,β-unsaturated/α-hetero) is 1. The van der Waals surface area contributed by atoms with Gasteiger partial charge >= 0.3 is 0 Å². The van der Waals surface area contributed by atoms with E-state index in [9.17, 15) is 9.59 Å². The Balaban J connectivity index is 1.82. The zero-order chi connectivity index (χ0) is 20.3. The third-order valence-electron chi connectivity index (χ3n) is 4.38. The molecular weight excluding hydrogens is 352 g/mol. The summed E-state index contributed by atoms with van der Waals surface area (Å²) >= 11 is 0. The second-order valence-electron chi connectivity index (χ2n) is 6.70. The SMILES string of the molecule is CC(=O)c1cccc(NC(=O)c2cc(Nc3ccc(C)c(C)c3)nc(C)n2)c1. The molecule has 142 valence electrons. The van der Waals surface area contributed by atoms with Crippen LogP contribution in [0.1, 0.15) is 44.7 Å². The number of aryl methyl sites for hydroxylation is 3. The predicted molar refractivity (Wildman–Crippen MR) is 110 cm³/mol. The van der Waals surface area contributed by atoms with E-state index in [4.69, 9.17) is 0 Å². The summed E-state index contributed by atoms with van der Waals surface area (Å²) in [6.45, 7) is 7.31. The van der Waals surface area contributed by atoms with Gasteiger partial charge in [0.1, 0.15) is 17.3 Å². The van der Waals surface area contributed by atoms with E-state index in [2.05, 4.69) is 27.5 Å². The van der Waals surface area contributed by atoms with Crippen LogP contribution >= 0.6 is 0 Å². The van der Waals surface area contributed by atoms with Crippen LogP contribution in [-0.2, 0) is 0 Å². The Labute approximate surface area is 164 Å². The maximum absolute atomic E-state index is 12.6. The highest BCUT2D eigenvalue weighted by Crippen LogP contribution is 2.19. The van der Waals surface area contributed by atoms with Crippen molar-refractivity contribution in [3.05, 3.63) is 76.7 Å². The van der Waals surface area contributed by atoms with Gasteiger partial charge in [0.05, 0.1) is 0 Å². The zero-order valence-corrected chi connectivity index (χ0v) is 16.3. The molecule has 0 saturated heterocycles. The molecule has 0 radical (unpaired) electrons. The van der Waals surface area contributed by atoms with Gasteiger partial charge in [0, 0.05) is 23.0 Å². The summed E-state index contributed by atoms with van der Waals surface area (Å²) in [7, 11) is 0. The highest BCUT2D eigenvalue weighted by Gasteiger charge is 2.12. The summed E-state index contributed by atoms with van der Waals surface area (Å²) in [4.78, 5) is 32.7. The monoisotopic (exact) mass is 374 g/mol. The van der Waals surface area contributed by atoms with Gasteiger partial charge in [0.2, 0.25) is 0 Å². The standard InChI is InChI=1S/C22H22N4O2/c1-13-8-9-19(10-14(13)2)25-21-12-20(23-16(4)24-21)22(28)26-18-7-5-6-17(11-18)15(3)27/h5-12H,1-4H3,(H,26,28)(H,23,24,25). The van der Waals surface area contributed by atoms with Crippen molar-refractivity contribution in [3.8, 4) is 0 Å². The summed E-state index contributed by atoms with van der Waals surface area (Å²) in [6, 6.07) is 14.4. The Morgan fingerprint density at radius 2 is 1.64 bits per heavy atom. The topological polar surface area (TPSA) is 84.0 Å². The van der Waals surface area contributed by atoms with E-state index in [0.717, 1.165) is 5.69 Å². The summed E-state index contributed by atoms with van der Waals surface area (Å²) in [6.07, 6.45) is 0. The van der Waals surface area contributed by atoms with Gasteiger partial charge in [-0.3, -0.25) is 9.59 Å². The van der Waals surface area contributed by atoms with Gasteiger partial charge in [-0.2, -0.15) is 0 Å². The van der Waals surface area contributed by atoms with Crippen LogP contribution in [0.2, 0.25) is 0 Å². The fourth-order valence-corrected chi connectivity index (χ4v) is 2.73. The van der Waals surface area contributed by atoms with Crippen LogP contribution in [0.3, 0.4) is 0 Å².